The number of morpholine rings is 1. The van der Waals surface area contributed by atoms with Gasteiger partial charge >= 0.3 is 11.8 Å². The van der Waals surface area contributed by atoms with E-state index in [0.29, 0.717) is 18.8 Å². The van der Waals surface area contributed by atoms with E-state index in [1.54, 1.807) is 29.7 Å². The van der Waals surface area contributed by atoms with Gasteiger partial charge in [0, 0.05) is 24.5 Å². The molecule has 2 atom stereocenters. The van der Waals surface area contributed by atoms with Crippen molar-refractivity contribution in [3.05, 3.63) is 40.7 Å². The second-order valence-corrected chi connectivity index (χ2v) is 8.27. The van der Waals surface area contributed by atoms with Crippen molar-refractivity contribution in [1.29, 1.82) is 0 Å². The summed E-state index contributed by atoms with van der Waals surface area (Å²) in [6.45, 7) is 4.65. The Kier molecular flexibility index (Phi) is 7.43. The molecule has 2 amide bonds. The van der Waals surface area contributed by atoms with E-state index in [2.05, 4.69) is 26.6 Å². The van der Waals surface area contributed by atoms with Gasteiger partial charge in [-0.3, -0.25) is 14.5 Å². The molecule has 2 N–H and O–H groups in total. The molecule has 0 aliphatic carbocycles. The molecular weight excluding hydrogens is 396 g/mol. The van der Waals surface area contributed by atoms with Gasteiger partial charge in [0.2, 0.25) is 0 Å². The van der Waals surface area contributed by atoms with E-state index < -0.39 is 11.8 Å². The number of thioether (sulfide) groups is 1. The fourth-order valence-electron chi connectivity index (χ4n) is 3.05. The first-order valence-corrected chi connectivity index (χ1v) is 11.2. The summed E-state index contributed by atoms with van der Waals surface area (Å²) < 4.78 is 5.63. The van der Waals surface area contributed by atoms with Crippen LogP contribution < -0.4 is 10.6 Å². The van der Waals surface area contributed by atoms with Crippen molar-refractivity contribution in [2.75, 3.05) is 37.8 Å². The maximum Gasteiger partial charge on any atom is 0.313 e. The minimum absolute atomic E-state index is 0.0191. The molecule has 1 aliphatic heterocycles. The lowest BCUT2D eigenvalue weighted by Crippen LogP contribution is -2.47. The van der Waals surface area contributed by atoms with Crippen LogP contribution in [0.2, 0.25) is 0 Å². The third kappa shape index (κ3) is 5.54. The summed E-state index contributed by atoms with van der Waals surface area (Å²) in [6, 6.07) is 7.60. The molecule has 1 saturated heterocycles. The van der Waals surface area contributed by atoms with Gasteiger partial charge in [0.1, 0.15) is 0 Å². The van der Waals surface area contributed by atoms with Crippen LogP contribution in [0.1, 0.15) is 17.8 Å². The SMILES string of the molecule is CSc1ccc(NC(=O)C(=O)NCC(c2cccs2)N2CCOC(C)C2)cn1. The Balaban J connectivity index is 1.58. The van der Waals surface area contributed by atoms with E-state index in [-0.39, 0.29) is 12.1 Å². The van der Waals surface area contributed by atoms with Crippen LogP contribution in [-0.2, 0) is 14.3 Å². The number of aromatic nitrogens is 1. The van der Waals surface area contributed by atoms with Crippen molar-refractivity contribution < 1.29 is 14.3 Å². The van der Waals surface area contributed by atoms with E-state index in [1.165, 1.54) is 11.8 Å². The molecule has 0 saturated carbocycles. The summed E-state index contributed by atoms with van der Waals surface area (Å²) in [4.78, 5) is 32.2. The van der Waals surface area contributed by atoms with Crippen LogP contribution in [0.15, 0.2) is 40.9 Å². The lowest BCUT2D eigenvalue weighted by atomic mass is 10.1. The van der Waals surface area contributed by atoms with Gasteiger partial charge in [-0.25, -0.2) is 4.98 Å². The van der Waals surface area contributed by atoms with Crippen molar-refractivity contribution in [3.63, 3.8) is 0 Å². The number of anilines is 1. The standard InChI is InChI=1S/C19H24N4O3S2/c1-13-12-23(7-8-26-13)15(16-4-3-9-28-16)11-21-18(24)19(25)22-14-5-6-17(27-2)20-10-14/h3-6,9-10,13,15H,7-8,11-12H2,1-2H3,(H,21,24)(H,22,25). The first-order valence-electron chi connectivity index (χ1n) is 9.05. The lowest BCUT2D eigenvalue weighted by Gasteiger charge is -2.36. The zero-order valence-corrected chi connectivity index (χ0v) is 17.5. The van der Waals surface area contributed by atoms with E-state index in [4.69, 9.17) is 4.74 Å². The van der Waals surface area contributed by atoms with Crippen molar-refractivity contribution in [2.45, 2.75) is 24.1 Å². The molecule has 3 heterocycles. The Morgan fingerprint density at radius 3 is 2.89 bits per heavy atom. The third-order valence-electron chi connectivity index (χ3n) is 4.45. The Hall–Kier alpha value is -1.94. The summed E-state index contributed by atoms with van der Waals surface area (Å²) in [5, 5.41) is 8.23. The second-order valence-electron chi connectivity index (χ2n) is 6.46. The van der Waals surface area contributed by atoms with Gasteiger partial charge < -0.3 is 15.4 Å². The number of carbonyl (C=O) groups excluding carboxylic acids is 2. The number of thiophene rings is 1. The average molecular weight is 421 g/mol. The quantitative estimate of drug-likeness (QED) is 0.552. The predicted molar refractivity (Wildman–Crippen MR) is 112 cm³/mol. The van der Waals surface area contributed by atoms with Gasteiger partial charge in [0.15, 0.2) is 0 Å². The molecule has 150 valence electrons. The van der Waals surface area contributed by atoms with Gasteiger partial charge in [-0.2, -0.15) is 0 Å². The number of amides is 2. The molecule has 2 unspecified atom stereocenters. The van der Waals surface area contributed by atoms with Crippen LogP contribution in [-0.4, -0.2) is 60.3 Å². The van der Waals surface area contributed by atoms with Crippen LogP contribution in [0.3, 0.4) is 0 Å². The zero-order valence-electron chi connectivity index (χ0n) is 15.9. The number of nitrogens with one attached hydrogen (secondary N) is 2. The van der Waals surface area contributed by atoms with Crippen molar-refractivity contribution in [2.24, 2.45) is 0 Å². The van der Waals surface area contributed by atoms with Crippen molar-refractivity contribution >= 4 is 40.6 Å². The average Bonchev–Trinajstić information content (AvgIpc) is 3.23. The molecule has 0 bridgehead atoms. The molecule has 0 spiro atoms. The predicted octanol–water partition coefficient (Wildman–Crippen LogP) is 2.38. The summed E-state index contributed by atoms with van der Waals surface area (Å²) >= 11 is 3.16. The monoisotopic (exact) mass is 420 g/mol. The van der Waals surface area contributed by atoms with Crippen LogP contribution in [0, 0.1) is 0 Å². The molecule has 0 aromatic carbocycles. The van der Waals surface area contributed by atoms with Gasteiger partial charge in [-0.1, -0.05) is 6.07 Å². The van der Waals surface area contributed by atoms with Crippen LogP contribution >= 0.6 is 23.1 Å². The van der Waals surface area contributed by atoms with Crippen LogP contribution in [0.4, 0.5) is 5.69 Å². The third-order valence-corrected chi connectivity index (χ3v) is 6.08. The minimum atomic E-state index is -0.695. The van der Waals surface area contributed by atoms with Gasteiger partial charge in [0.25, 0.3) is 0 Å². The number of carbonyl (C=O) groups is 2. The number of pyridine rings is 1. The maximum absolute atomic E-state index is 12.3. The lowest BCUT2D eigenvalue weighted by molar-refractivity contribution is -0.136. The Morgan fingerprint density at radius 2 is 2.25 bits per heavy atom. The second kappa shape index (κ2) is 10.0. The summed E-state index contributed by atoms with van der Waals surface area (Å²) in [5.74, 6) is -1.35. The molecular formula is C19H24N4O3S2. The highest BCUT2D eigenvalue weighted by Gasteiger charge is 2.27. The molecule has 7 nitrogen and oxygen atoms in total. The van der Waals surface area contributed by atoms with E-state index in [9.17, 15) is 9.59 Å². The Morgan fingerprint density at radius 1 is 1.39 bits per heavy atom. The number of ether oxygens (including phenoxy) is 1. The van der Waals surface area contributed by atoms with E-state index in [0.717, 1.165) is 23.0 Å². The summed E-state index contributed by atoms with van der Waals surface area (Å²) in [7, 11) is 0. The Bertz CT molecular complexity index is 783. The minimum Gasteiger partial charge on any atom is -0.376 e. The van der Waals surface area contributed by atoms with Gasteiger partial charge in [-0.05, 0) is 36.8 Å². The number of hydrogen-bond acceptors (Lipinski definition) is 7. The molecule has 2 aromatic rings. The molecule has 1 aliphatic rings. The van der Waals surface area contributed by atoms with Crippen molar-refractivity contribution in [3.8, 4) is 0 Å². The summed E-state index contributed by atoms with van der Waals surface area (Å²) in [5.41, 5.74) is 0.495. The highest BCUT2D eigenvalue weighted by Crippen LogP contribution is 2.26. The van der Waals surface area contributed by atoms with Crippen LogP contribution in [0.25, 0.3) is 0 Å². The van der Waals surface area contributed by atoms with Crippen molar-refractivity contribution in [1.82, 2.24) is 15.2 Å². The fraction of sp³-hybridized carbons (Fsp3) is 0.421. The first-order chi connectivity index (χ1) is 13.6. The maximum atomic E-state index is 12.3. The first kappa shape index (κ1) is 20.8. The van der Waals surface area contributed by atoms with E-state index in [1.807, 2.05) is 24.6 Å². The normalized spacial score (nSPS) is 18.4. The molecule has 28 heavy (non-hydrogen) atoms. The number of nitrogens with zero attached hydrogens (tertiary/aromatic N) is 2. The highest BCUT2D eigenvalue weighted by atomic mass is 32.2. The smallest absolute Gasteiger partial charge is 0.313 e. The number of hydrogen-bond donors (Lipinski definition) is 2. The summed E-state index contributed by atoms with van der Waals surface area (Å²) in [6.07, 6.45) is 3.61. The van der Waals surface area contributed by atoms with Gasteiger partial charge in [0.05, 0.1) is 35.7 Å². The molecule has 1 fully saturated rings. The van der Waals surface area contributed by atoms with E-state index >= 15 is 0 Å². The molecule has 2 aromatic heterocycles. The largest absolute Gasteiger partial charge is 0.376 e. The number of rotatable bonds is 6. The Labute approximate surface area is 172 Å². The molecule has 3 rings (SSSR count). The zero-order chi connectivity index (χ0) is 19.9. The molecule has 0 radical (unpaired) electrons. The highest BCUT2D eigenvalue weighted by molar-refractivity contribution is 7.98. The topological polar surface area (TPSA) is 83.6 Å². The van der Waals surface area contributed by atoms with Gasteiger partial charge in [-0.15, -0.1) is 23.1 Å². The fourth-order valence-corrected chi connectivity index (χ4v) is 4.27. The van der Waals surface area contributed by atoms with Crippen LogP contribution in [0.5, 0.6) is 0 Å². The molecule has 9 heteroatoms.